The van der Waals surface area contributed by atoms with Crippen molar-refractivity contribution in [3.63, 3.8) is 0 Å². The molecule has 4 aromatic carbocycles. The Labute approximate surface area is 226 Å². The van der Waals surface area contributed by atoms with Gasteiger partial charge in [-0.2, -0.15) is 5.10 Å². The highest BCUT2D eigenvalue weighted by Gasteiger charge is 2.33. The van der Waals surface area contributed by atoms with Gasteiger partial charge < -0.3 is 0 Å². The Balaban J connectivity index is 1.54. The van der Waals surface area contributed by atoms with Gasteiger partial charge in [0, 0.05) is 5.56 Å². The molecule has 0 saturated heterocycles. The lowest BCUT2D eigenvalue weighted by atomic mass is 9.81. The van der Waals surface area contributed by atoms with Gasteiger partial charge in [0.15, 0.2) is 0 Å². The summed E-state index contributed by atoms with van der Waals surface area (Å²) in [4.78, 5) is 19.2. The highest BCUT2D eigenvalue weighted by molar-refractivity contribution is 5.86. The summed E-state index contributed by atoms with van der Waals surface area (Å²) < 4.78 is 3.82. The van der Waals surface area contributed by atoms with Crippen LogP contribution in [0.25, 0.3) is 33.9 Å². The van der Waals surface area contributed by atoms with Crippen LogP contribution >= 0.6 is 0 Å². The predicted molar refractivity (Wildman–Crippen MR) is 156 cm³/mol. The molecule has 0 spiro atoms. The average Bonchev–Trinajstić information content (AvgIpc) is 3.34. The minimum absolute atomic E-state index is 0.0627. The number of nitrogens with zero attached hydrogens (tertiary/aromatic N) is 4. The predicted octanol–water partition coefficient (Wildman–Crippen LogP) is 6.96. The van der Waals surface area contributed by atoms with Crippen LogP contribution in [0, 0.1) is 6.92 Å². The molecule has 2 heterocycles. The fourth-order valence-electron chi connectivity index (χ4n) is 5.72. The summed E-state index contributed by atoms with van der Waals surface area (Å²) in [6.45, 7) is 2.05. The maximum Gasteiger partial charge on any atom is 0.265 e. The molecule has 0 bridgehead atoms. The first-order valence-electron chi connectivity index (χ1n) is 13.2. The largest absolute Gasteiger partial charge is 0.268 e. The third-order valence-corrected chi connectivity index (χ3v) is 7.50. The molecule has 1 aliphatic carbocycles. The van der Waals surface area contributed by atoms with Crippen LogP contribution in [-0.4, -0.2) is 19.3 Å². The first-order valence-corrected chi connectivity index (χ1v) is 13.2. The monoisotopic (exact) mass is 506 g/mol. The number of aryl methyl sites for hydroxylation is 1. The molecule has 1 unspecified atom stereocenters. The fraction of sp³-hybridized carbons (Fsp3) is 0.0882. The second kappa shape index (κ2) is 9.37. The highest BCUT2D eigenvalue weighted by Crippen LogP contribution is 2.43. The van der Waals surface area contributed by atoms with Gasteiger partial charge in [-0.3, -0.25) is 9.36 Å². The number of allylic oxidation sites excluding steroid dienone is 1. The second-order valence-corrected chi connectivity index (χ2v) is 9.89. The molecular formula is C34H26N4O. The fourth-order valence-corrected chi connectivity index (χ4v) is 5.72. The Hall–Kier alpha value is -5.03. The van der Waals surface area contributed by atoms with Crippen LogP contribution < -0.4 is 5.56 Å². The minimum Gasteiger partial charge on any atom is -0.268 e. The highest BCUT2D eigenvalue weighted by atomic mass is 16.1. The molecule has 0 amide bonds. The number of fused-ring (bicyclic) bond motifs is 2. The van der Waals surface area contributed by atoms with Crippen molar-refractivity contribution in [2.45, 2.75) is 19.3 Å². The number of rotatable bonds is 4. The van der Waals surface area contributed by atoms with Crippen LogP contribution in [0.1, 0.15) is 40.7 Å². The summed E-state index contributed by atoms with van der Waals surface area (Å²) in [7, 11) is 0. The molecule has 6 aromatic rings. The Morgan fingerprint density at radius 2 is 1.36 bits per heavy atom. The van der Waals surface area contributed by atoms with E-state index in [-0.39, 0.29) is 11.5 Å². The smallest absolute Gasteiger partial charge is 0.265 e. The maximum absolute atomic E-state index is 14.1. The van der Waals surface area contributed by atoms with Crippen LogP contribution in [0.3, 0.4) is 0 Å². The Bertz CT molecular complexity index is 1900. The van der Waals surface area contributed by atoms with E-state index in [1.807, 2.05) is 83.5 Å². The van der Waals surface area contributed by atoms with Gasteiger partial charge in [0.05, 0.1) is 39.6 Å². The van der Waals surface area contributed by atoms with Crippen molar-refractivity contribution in [2.75, 3.05) is 0 Å². The molecule has 5 nitrogen and oxygen atoms in total. The lowest BCUT2D eigenvalue weighted by Crippen LogP contribution is -2.27. The lowest BCUT2D eigenvalue weighted by Gasteiger charge is -2.27. The van der Waals surface area contributed by atoms with Gasteiger partial charge in [-0.25, -0.2) is 9.67 Å². The van der Waals surface area contributed by atoms with Gasteiger partial charge >= 0.3 is 0 Å². The van der Waals surface area contributed by atoms with Crippen LogP contribution in [0.2, 0.25) is 0 Å². The number of benzene rings is 4. The van der Waals surface area contributed by atoms with E-state index in [0.717, 1.165) is 39.7 Å². The molecule has 188 valence electrons. The molecule has 0 radical (unpaired) electrons. The standard InChI is InChI=1S/C34H26N4O/c1-23-32-29(33-35-30-20-12-11-19-28(30)34(39)37(33)26-15-7-3-8-16-26)21-25(24-13-5-2-6-14-24)22-31(32)38(36-23)27-17-9-4-10-18-27/h2-20,22,29H,21H2,1H3. The van der Waals surface area contributed by atoms with E-state index in [9.17, 15) is 4.79 Å². The zero-order valence-corrected chi connectivity index (χ0v) is 21.5. The zero-order chi connectivity index (χ0) is 26.3. The van der Waals surface area contributed by atoms with Gasteiger partial charge in [0.2, 0.25) is 0 Å². The molecule has 2 aromatic heterocycles. The Kier molecular flexibility index (Phi) is 5.55. The summed E-state index contributed by atoms with van der Waals surface area (Å²) in [5, 5.41) is 5.62. The zero-order valence-electron chi connectivity index (χ0n) is 21.5. The van der Waals surface area contributed by atoms with Crippen LogP contribution in [0.5, 0.6) is 0 Å². The number of aromatic nitrogens is 4. The summed E-state index contributed by atoms with van der Waals surface area (Å²) >= 11 is 0. The maximum atomic E-state index is 14.1. The number of hydrogen-bond acceptors (Lipinski definition) is 3. The molecule has 5 heteroatoms. The molecule has 1 atom stereocenters. The van der Waals surface area contributed by atoms with E-state index in [2.05, 4.69) is 49.4 Å². The first kappa shape index (κ1) is 23.1. The van der Waals surface area contributed by atoms with Crippen molar-refractivity contribution < 1.29 is 0 Å². The van der Waals surface area contributed by atoms with Gasteiger partial charge in [0.25, 0.3) is 5.56 Å². The van der Waals surface area contributed by atoms with Crippen molar-refractivity contribution >= 4 is 22.6 Å². The van der Waals surface area contributed by atoms with E-state index >= 15 is 0 Å². The average molecular weight is 507 g/mol. The van der Waals surface area contributed by atoms with E-state index < -0.39 is 0 Å². The van der Waals surface area contributed by atoms with Crippen molar-refractivity contribution in [1.82, 2.24) is 19.3 Å². The quantitative estimate of drug-likeness (QED) is 0.260. The summed E-state index contributed by atoms with van der Waals surface area (Å²) in [5.74, 6) is 0.554. The van der Waals surface area contributed by atoms with Crippen LogP contribution in [0.4, 0.5) is 0 Å². The molecular weight excluding hydrogens is 480 g/mol. The van der Waals surface area contributed by atoms with Crippen LogP contribution in [-0.2, 0) is 0 Å². The molecule has 0 N–H and O–H groups in total. The minimum atomic E-state index is -0.171. The molecule has 39 heavy (non-hydrogen) atoms. The topological polar surface area (TPSA) is 52.7 Å². The second-order valence-electron chi connectivity index (χ2n) is 9.89. The number of para-hydroxylation sites is 3. The van der Waals surface area contributed by atoms with Gasteiger partial charge in [-0.05, 0) is 67.0 Å². The Morgan fingerprint density at radius 3 is 2.08 bits per heavy atom. The molecule has 1 aliphatic rings. The van der Waals surface area contributed by atoms with Crippen molar-refractivity contribution in [3.8, 4) is 11.4 Å². The normalized spacial score (nSPS) is 14.7. The third-order valence-electron chi connectivity index (χ3n) is 7.50. The van der Waals surface area contributed by atoms with Crippen molar-refractivity contribution in [3.05, 3.63) is 154 Å². The van der Waals surface area contributed by atoms with Gasteiger partial charge in [0.1, 0.15) is 5.82 Å². The summed E-state index contributed by atoms with van der Waals surface area (Å²) in [5.41, 5.74) is 7.85. The summed E-state index contributed by atoms with van der Waals surface area (Å²) in [6, 6.07) is 38.1. The van der Waals surface area contributed by atoms with Gasteiger partial charge in [-0.15, -0.1) is 0 Å². The SMILES string of the molecule is Cc1nn(-c2ccccc2)c2c1C(c1nc3ccccc3c(=O)n1-c1ccccc1)CC(c1ccccc1)=C2. The molecule has 0 aliphatic heterocycles. The first-order chi connectivity index (χ1) is 19.2. The molecule has 7 rings (SSSR count). The van der Waals surface area contributed by atoms with E-state index in [4.69, 9.17) is 10.1 Å². The van der Waals surface area contributed by atoms with Crippen LogP contribution in [0.15, 0.2) is 120 Å². The van der Waals surface area contributed by atoms with Crippen molar-refractivity contribution in [1.29, 1.82) is 0 Å². The Morgan fingerprint density at radius 1 is 0.744 bits per heavy atom. The molecule has 0 fully saturated rings. The number of hydrogen-bond donors (Lipinski definition) is 0. The van der Waals surface area contributed by atoms with E-state index in [0.29, 0.717) is 17.3 Å². The summed E-state index contributed by atoms with van der Waals surface area (Å²) in [6.07, 6.45) is 2.95. The molecule has 0 saturated carbocycles. The third kappa shape index (κ3) is 3.91. The van der Waals surface area contributed by atoms with Gasteiger partial charge in [-0.1, -0.05) is 78.9 Å². The van der Waals surface area contributed by atoms with E-state index in [1.54, 1.807) is 4.57 Å². The van der Waals surface area contributed by atoms with Crippen molar-refractivity contribution in [2.24, 2.45) is 0 Å². The lowest BCUT2D eigenvalue weighted by molar-refractivity contribution is 0.707. The van der Waals surface area contributed by atoms with E-state index in [1.165, 1.54) is 5.57 Å².